The third kappa shape index (κ3) is 9.16. The van der Waals surface area contributed by atoms with Gasteiger partial charge in [0.25, 0.3) is 0 Å². The van der Waals surface area contributed by atoms with Crippen molar-refractivity contribution in [1.29, 1.82) is 0 Å². The minimum absolute atomic E-state index is 0. The Balaban J connectivity index is -0.000000149. The molecule has 1 rings (SSSR count). The normalized spacial score (nSPS) is 6.00. The lowest BCUT2D eigenvalue weighted by Crippen LogP contribution is -1.97. The van der Waals surface area contributed by atoms with Gasteiger partial charge in [0.1, 0.15) is 7.85 Å². The Morgan fingerprint density at radius 2 is 1.36 bits per heavy atom. The molecule has 0 aliphatic rings. The largest absolute Gasteiger partial charge is 0.412 e. The van der Waals surface area contributed by atoms with E-state index in [0.29, 0.717) is 0 Å². The van der Waals surface area contributed by atoms with Crippen molar-refractivity contribution in [2.45, 2.75) is 0 Å². The van der Waals surface area contributed by atoms with Crippen LogP contribution in [0.3, 0.4) is 0 Å². The Kier molecular flexibility index (Phi) is 18.0. The second-order valence-corrected chi connectivity index (χ2v) is 1.65. The van der Waals surface area contributed by atoms with Crippen LogP contribution in [0.5, 0.6) is 0 Å². The SMILES string of the molecule is Bc1ccccc1.CO.O.O. The molecule has 0 aliphatic heterocycles. The van der Waals surface area contributed by atoms with E-state index in [4.69, 9.17) is 5.11 Å². The van der Waals surface area contributed by atoms with Gasteiger partial charge in [-0.05, 0) is 0 Å². The summed E-state index contributed by atoms with van der Waals surface area (Å²) in [4.78, 5) is 0. The number of aliphatic hydroxyl groups is 1. The highest BCUT2D eigenvalue weighted by Gasteiger charge is 1.72. The molecule has 0 atom stereocenters. The summed E-state index contributed by atoms with van der Waals surface area (Å²) in [7, 11) is 3.08. The molecule has 0 aromatic heterocycles. The first-order chi connectivity index (χ1) is 4.39. The van der Waals surface area contributed by atoms with Crippen LogP contribution in [0.2, 0.25) is 0 Å². The summed E-state index contributed by atoms with van der Waals surface area (Å²) >= 11 is 0. The van der Waals surface area contributed by atoms with E-state index < -0.39 is 0 Å². The Bertz CT molecular complexity index is 144. The quantitative estimate of drug-likeness (QED) is 0.431. The van der Waals surface area contributed by atoms with Gasteiger partial charge in [0.2, 0.25) is 0 Å². The van der Waals surface area contributed by atoms with Crippen molar-refractivity contribution in [2.24, 2.45) is 0 Å². The van der Waals surface area contributed by atoms with Gasteiger partial charge in [-0.1, -0.05) is 35.8 Å². The fourth-order valence-electron chi connectivity index (χ4n) is 0.534. The van der Waals surface area contributed by atoms with E-state index in [1.165, 1.54) is 5.46 Å². The lowest BCUT2D eigenvalue weighted by atomic mass is 9.97. The molecule has 0 saturated heterocycles. The van der Waals surface area contributed by atoms with E-state index in [-0.39, 0.29) is 11.0 Å². The summed E-state index contributed by atoms with van der Waals surface area (Å²) in [6, 6.07) is 10.3. The highest BCUT2D eigenvalue weighted by molar-refractivity contribution is 6.32. The Morgan fingerprint density at radius 1 is 1.00 bits per heavy atom. The highest BCUT2D eigenvalue weighted by Crippen LogP contribution is 1.76. The molecule has 0 saturated carbocycles. The van der Waals surface area contributed by atoms with Crippen molar-refractivity contribution in [2.75, 3.05) is 7.11 Å². The number of hydrogen-bond acceptors (Lipinski definition) is 1. The van der Waals surface area contributed by atoms with E-state index in [1.807, 2.05) is 18.2 Å². The second-order valence-electron chi connectivity index (χ2n) is 1.65. The van der Waals surface area contributed by atoms with Gasteiger partial charge in [0.05, 0.1) is 0 Å². The van der Waals surface area contributed by atoms with Crippen molar-refractivity contribution in [3.8, 4) is 0 Å². The van der Waals surface area contributed by atoms with Crippen LogP contribution in [0.15, 0.2) is 30.3 Å². The molecular weight excluding hydrogens is 143 g/mol. The lowest BCUT2D eigenvalue weighted by Gasteiger charge is -1.82. The smallest absolute Gasteiger partial charge is 0.139 e. The second kappa shape index (κ2) is 11.9. The molecule has 4 heteroatoms. The van der Waals surface area contributed by atoms with Gasteiger partial charge >= 0.3 is 0 Å². The average molecular weight is 158 g/mol. The van der Waals surface area contributed by atoms with Gasteiger partial charge < -0.3 is 16.1 Å². The Hall–Kier alpha value is -0.835. The minimum atomic E-state index is 0. The first kappa shape index (κ1) is 16.6. The van der Waals surface area contributed by atoms with Gasteiger partial charge in [-0.2, -0.15) is 0 Å². The van der Waals surface area contributed by atoms with Crippen LogP contribution < -0.4 is 5.46 Å². The molecule has 3 nitrogen and oxygen atoms in total. The maximum Gasteiger partial charge on any atom is 0.139 e. The van der Waals surface area contributed by atoms with Crippen LogP contribution in [-0.2, 0) is 0 Å². The molecule has 0 unspecified atom stereocenters. The molecule has 0 bridgehead atoms. The van der Waals surface area contributed by atoms with E-state index in [9.17, 15) is 0 Å². The number of hydrogen-bond donors (Lipinski definition) is 1. The molecule has 11 heavy (non-hydrogen) atoms. The molecule has 1 aromatic rings. The molecule has 1 aromatic carbocycles. The summed E-state index contributed by atoms with van der Waals surface area (Å²) in [5.41, 5.74) is 1.32. The molecule has 5 N–H and O–H groups in total. The van der Waals surface area contributed by atoms with Crippen molar-refractivity contribution < 1.29 is 16.1 Å². The first-order valence-electron chi connectivity index (χ1n) is 2.86. The maximum absolute atomic E-state index is 7.00. The van der Waals surface area contributed by atoms with Crippen LogP contribution in [0.4, 0.5) is 0 Å². The van der Waals surface area contributed by atoms with Gasteiger partial charge in [0, 0.05) is 7.11 Å². The fourth-order valence-corrected chi connectivity index (χ4v) is 0.534. The first-order valence-corrected chi connectivity index (χ1v) is 2.86. The van der Waals surface area contributed by atoms with E-state index in [1.54, 1.807) is 0 Å². The zero-order valence-electron chi connectivity index (χ0n) is 6.83. The van der Waals surface area contributed by atoms with Crippen LogP contribution in [0, 0.1) is 0 Å². The minimum Gasteiger partial charge on any atom is -0.412 e. The monoisotopic (exact) mass is 158 g/mol. The number of aliphatic hydroxyl groups excluding tert-OH is 1. The molecular formula is C7H15BO3. The Morgan fingerprint density at radius 3 is 1.55 bits per heavy atom. The van der Waals surface area contributed by atoms with Gasteiger partial charge in [-0.15, -0.1) is 0 Å². The highest BCUT2D eigenvalue weighted by atomic mass is 16.2. The predicted octanol–water partition coefficient (Wildman–Crippen LogP) is -2.10. The molecule has 0 aliphatic carbocycles. The van der Waals surface area contributed by atoms with Crippen LogP contribution in [0.25, 0.3) is 0 Å². The summed E-state index contributed by atoms with van der Waals surface area (Å²) < 4.78 is 0. The van der Waals surface area contributed by atoms with Crippen LogP contribution in [0.1, 0.15) is 0 Å². The van der Waals surface area contributed by atoms with Gasteiger partial charge in [0.15, 0.2) is 0 Å². The zero-order chi connectivity index (χ0) is 7.11. The predicted molar refractivity (Wildman–Crippen MR) is 50.0 cm³/mol. The zero-order valence-corrected chi connectivity index (χ0v) is 6.83. The summed E-state index contributed by atoms with van der Waals surface area (Å²) in [5.74, 6) is 0. The van der Waals surface area contributed by atoms with Crippen molar-refractivity contribution >= 4 is 13.3 Å². The van der Waals surface area contributed by atoms with Crippen molar-refractivity contribution in [3.05, 3.63) is 30.3 Å². The maximum atomic E-state index is 7.00. The molecule has 0 spiro atoms. The lowest BCUT2D eigenvalue weighted by molar-refractivity contribution is 0.399. The van der Waals surface area contributed by atoms with Crippen molar-refractivity contribution in [1.82, 2.24) is 0 Å². The summed E-state index contributed by atoms with van der Waals surface area (Å²) in [5, 5.41) is 7.00. The van der Waals surface area contributed by atoms with Gasteiger partial charge in [-0.25, -0.2) is 0 Å². The Labute approximate surface area is 67.7 Å². The summed E-state index contributed by atoms with van der Waals surface area (Å²) in [6.07, 6.45) is 0. The number of benzene rings is 1. The van der Waals surface area contributed by atoms with Crippen molar-refractivity contribution in [3.63, 3.8) is 0 Å². The van der Waals surface area contributed by atoms with E-state index in [0.717, 1.165) is 7.11 Å². The third-order valence-corrected chi connectivity index (χ3v) is 0.940. The average Bonchev–Trinajstić information content (AvgIpc) is 1.94. The topological polar surface area (TPSA) is 83.2 Å². The summed E-state index contributed by atoms with van der Waals surface area (Å²) in [6.45, 7) is 0. The van der Waals surface area contributed by atoms with Crippen LogP contribution in [-0.4, -0.2) is 31.0 Å². The molecule has 0 amide bonds. The fraction of sp³-hybridized carbons (Fsp3) is 0.143. The molecule has 0 radical (unpaired) electrons. The molecule has 64 valence electrons. The van der Waals surface area contributed by atoms with E-state index >= 15 is 0 Å². The third-order valence-electron chi connectivity index (χ3n) is 0.940. The van der Waals surface area contributed by atoms with E-state index in [2.05, 4.69) is 20.0 Å². The molecule has 0 fully saturated rings. The van der Waals surface area contributed by atoms with Gasteiger partial charge in [-0.3, -0.25) is 0 Å². The standard InChI is InChI=1S/C6H7B.CH4O.2H2O/c7-6-4-2-1-3-5-6;1-2;;/h1-5H,7H2;2H,1H3;2*1H2. The number of rotatable bonds is 0. The van der Waals surface area contributed by atoms with Crippen LogP contribution >= 0.6 is 0 Å². The molecule has 0 heterocycles.